The molecule has 0 spiro atoms. The van der Waals surface area contributed by atoms with Gasteiger partial charge in [0, 0.05) is 13.0 Å². The summed E-state index contributed by atoms with van der Waals surface area (Å²) in [6, 6.07) is 4.13. The van der Waals surface area contributed by atoms with Crippen molar-refractivity contribution in [3.05, 3.63) is 65.3 Å². The number of aryl methyl sites for hydroxylation is 2. The monoisotopic (exact) mass is 524 g/mol. The summed E-state index contributed by atoms with van der Waals surface area (Å²) < 4.78 is 39.4. The normalized spacial score (nSPS) is 13.7. The number of carbonyl (C=O) groups is 2. The topological polar surface area (TPSA) is 150 Å². The fourth-order valence-corrected chi connectivity index (χ4v) is 3.66. The molecule has 1 atom stereocenters. The van der Waals surface area contributed by atoms with Gasteiger partial charge in [-0.1, -0.05) is 5.21 Å². The van der Waals surface area contributed by atoms with Gasteiger partial charge in [-0.25, -0.2) is 28.8 Å². The first-order valence-electron chi connectivity index (χ1n) is 11.6. The van der Waals surface area contributed by atoms with Gasteiger partial charge in [-0.3, -0.25) is 10.1 Å². The second-order valence-corrected chi connectivity index (χ2v) is 8.74. The van der Waals surface area contributed by atoms with Crippen molar-refractivity contribution in [1.82, 2.24) is 29.9 Å². The van der Waals surface area contributed by atoms with Crippen LogP contribution in [0.1, 0.15) is 59.5 Å². The number of amides is 2. The van der Waals surface area contributed by atoms with Crippen LogP contribution in [0.2, 0.25) is 0 Å². The Labute approximate surface area is 214 Å². The van der Waals surface area contributed by atoms with Gasteiger partial charge in [0.15, 0.2) is 17.4 Å². The zero-order chi connectivity index (χ0) is 27.0. The zero-order valence-corrected chi connectivity index (χ0v) is 20.5. The van der Waals surface area contributed by atoms with E-state index in [-0.39, 0.29) is 28.8 Å². The lowest BCUT2D eigenvalue weighted by Gasteiger charge is -2.15. The van der Waals surface area contributed by atoms with Gasteiger partial charge in [0.05, 0.1) is 35.0 Å². The molecule has 2 N–H and O–H groups in total. The third-order valence-corrected chi connectivity index (χ3v) is 5.85. The van der Waals surface area contributed by atoms with Crippen molar-refractivity contribution >= 4 is 23.5 Å². The van der Waals surface area contributed by atoms with Crippen LogP contribution in [0.25, 0.3) is 11.4 Å². The minimum Gasteiger partial charge on any atom is -0.441 e. The highest BCUT2D eigenvalue weighted by Crippen LogP contribution is 2.39. The third-order valence-electron chi connectivity index (χ3n) is 5.85. The molecule has 4 heterocycles. The zero-order valence-electron chi connectivity index (χ0n) is 20.5. The molecule has 0 radical (unpaired) electrons. The summed E-state index contributed by atoms with van der Waals surface area (Å²) in [5, 5.41) is 13.2. The number of aromatic nitrogens is 6. The van der Waals surface area contributed by atoms with Crippen LogP contribution in [0.3, 0.4) is 0 Å². The smallest absolute Gasteiger partial charge is 0.413 e. The van der Waals surface area contributed by atoms with E-state index >= 15 is 0 Å². The lowest BCUT2D eigenvalue weighted by Crippen LogP contribution is -2.19. The van der Waals surface area contributed by atoms with Crippen LogP contribution in [-0.2, 0) is 11.8 Å². The number of hydrogen-bond donors (Lipinski definition) is 2. The molecule has 1 saturated carbocycles. The first kappa shape index (κ1) is 24.9. The fourth-order valence-electron chi connectivity index (χ4n) is 3.66. The molecule has 0 aromatic carbocycles. The lowest BCUT2D eigenvalue weighted by atomic mass is 10.2. The van der Waals surface area contributed by atoms with Gasteiger partial charge in [-0.2, -0.15) is 4.39 Å². The number of nitrogens with zero attached hydrogens (tertiary/aromatic N) is 6. The largest absolute Gasteiger partial charge is 0.441 e. The molecule has 2 amide bonds. The Morgan fingerprint density at radius 3 is 2.71 bits per heavy atom. The number of hydrogen-bond acceptors (Lipinski definition) is 9. The molecule has 1 aliphatic carbocycles. The van der Waals surface area contributed by atoms with Crippen LogP contribution in [0.5, 0.6) is 0 Å². The van der Waals surface area contributed by atoms with Crippen molar-refractivity contribution in [2.24, 2.45) is 7.05 Å². The number of ether oxygens (including phenoxy) is 1. The number of pyridine rings is 2. The molecule has 0 unspecified atom stereocenters. The number of carbonyl (C=O) groups excluding carboxylic acids is 2. The molecule has 0 saturated heterocycles. The Kier molecular flexibility index (Phi) is 6.53. The molecule has 14 heteroatoms. The lowest BCUT2D eigenvalue weighted by molar-refractivity contribution is 0.0994. The molecule has 12 nitrogen and oxygen atoms in total. The van der Waals surface area contributed by atoms with E-state index in [1.54, 1.807) is 26.1 Å². The Morgan fingerprint density at radius 1 is 1.18 bits per heavy atom. The molecule has 0 bridgehead atoms. The van der Waals surface area contributed by atoms with Crippen molar-refractivity contribution in [2.45, 2.75) is 38.7 Å². The van der Waals surface area contributed by atoms with Gasteiger partial charge in [-0.15, -0.1) is 5.10 Å². The quantitative estimate of drug-likeness (QED) is 0.338. The van der Waals surface area contributed by atoms with Gasteiger partial charge in [0.1, 0.15) is 11.9 Å². The highest BCUT2D eigenvalue weighted by Gasteiger charge is 2.29. The molecule has 1 aliphatic rings. The van der Waals surface area contributed by atoms with Crippen molar-refractivity contribution in [1.29, 1.82) is 0 Å². The second-order valence-electron chi connectivity index (χ2n) is 8.74. The van der Waals surface area contributed by atoms with Crippen LogP contribution in [0, 0.1) is 18.7 Å². The number of halogens is 2. The molecule has 4 aromatic heterocycles. The number of nitrogens with one attached hydrogen (secondary N) is 2. The molecule has 38 heavy (non-hydrogen) atoms. The Balaban J connectivity index is 1.29. The predicted octanol–water partition coefficient (Wildman–Crippen LogP) is 4.29. The summed E-state index contributed by atoms with van der Waals surface area (Å²) in [5.41, 5.74) is 1.28. The highest BCUT2D eigenvalue weighted by atomic mass is 19.1. The average molecular weight is 524 g/mol. The van der Waals surface area contributed by atoms with Crippen molar-refractivity contribution < 1.29 is 27.5 Å². The van der Waals surface area contributed by atoms with E-state index in [1.165, 1.54) is 17.8 Å². The van der Waals surface area contributed by atoms with E-state index in [0.29, 0.717) is 23.0 Å². The van der Waals surface area contributed by atoms with Crippen LogP contribution in [0.4, 0.5) is 25.1 Å². The van der Waals surface area contributed by atoms with Crippen LogP contribution in [-0.4, -0.2) is 41.9 Å². The Hall–Kier alpha value is -4.75. The van der Waals surface area contributed by atoms with Gasteiger partial charge in [-0.05, 0) is 44.9 Å². The molecule has 196 valence electrons. The maximum Gasteiger partial charge on any atom is 0.413 e. The molecule has 1 fully saturated rings. The number of rotatable bonds is 7. The second kappa shape index (κ2) is 9.95. The summed E-state index contributed by atoms with van der Waals surface area (Å²) >= 11 is 0. The maximum absolute atomic E-state index is 13.9. The van der Waals surface area contributed by atoms with E-state index in [1.807, 2.05) is 0 Å². The van der Waals surface area contributed by atoms with Gasteiger partial charge in [0.25, 0.3) is 5.91 Å². The predicted molar refractivity (Wildman–Crippen MR) is 128 cm³/mol. The van der Waals surface area contributed by atoms with E-state index in [0.717, 1.165) is 25.1 Å². The van der Waals surface area contributed by atoms with Crippen LogP contribution < -0.4 is 10.6 Å². The van der Waals surface area contributed by atoms with Gasteiger partial charge < -0.3 is 14.5 Å². The first-order chi connectivity index (χ1) is 18.2. The van der Waals surface area contributed by atoms with Crippen molar-refractivity contribution in [2.75, 3.05) is 10.6 Å². The Morgan fingerprint density at radius 2 is 1.97 bits per heavy atom. The summed E-state index contributed by atoms with van der Waals surface area (Å²) in [6.45, 7) is 3.07. The summed E-state index contributed by atoms with van der Waals surface area (Å²) in [5.74, 6) is -1.06. The van der Waals surface area contributed by atoms with Gasteiger partial charge in [0.2, 0.25) is 11.7 Å². The first-order valence-corrected chi connectivity index (χ1v) is 11.6. The van der Waals surface area contributed by atoms with E-state index in [9.17, 15) is 18.4 Å². The molecule has 0 aliphatic heterocycles. The average Bonchev–Trinajstić information content (AvgIpc) is 3.50. The van der Waals surface area contributed by atoms with E-state index < -0.39 is 29.9 Å². The molecule has 5 rings (SSSR count). The molecular formula is C24H22F2N8O4. The summed E-state index contributed by atoms with van der Waals surface area (Å²) in [4.78, 5) is 37.0. The fraction of sp³-hybridized carbons (Fsp3) is 0.292. The van der Waals surface area contributed by atoms with Crippen LogP contribution >= 0.6 is 0 Å². The standard InChI is InChI=1S/C24H22F2N8O4/c1-11-16(30-22(35)18-10-28-23(38-18)13-4-5-13)6-7-17(29-11)19-21(34(3)33-32-19)31-24(36)37-12(2)15-8-14(25)9-27-20(15)26/h6-10,12-13H,4-5H2,1-3H3,(H,30,35)(H,31,36)/t12-/m1/s1. The third kappa shape index (κ3) is 5.19. The maximum atomic E-state index is 13.9. The summed E-state index contributed by atoms with van der Waals surface area (Å²) in [6.07, 6.45) is 2.05. The van der Waals surface area contributed by atoms with E-state index in [4.69, 9.17) is 9.15 Å². The minimum absolute atomic E-state index is 0.109. The molecule has 4 aromatic rings. The number of anilines is 2. The highest BCUT2D eigenvalue weighted by molar-refractivity contribution is 6.02. The number of oxazole rings is 1. The van der Waals surface area contributed by atoms with E-state index in [2.05, 4.69) is 35.9 Å². The minimum atomic E-state index is -1.13. The van der Waals surface area contributed by atoms with Gasteiger partial charge >= 0.3 is 6.09 Å². The Bertz CT molecular complexity index is 1530. The summed E-state index contributed by atoms with van der Waals surface area (Å²) in [7, 11) is 1.54. The van der Waals surface area contributed by atoms with Crippen molar-refractivity contribution in [3.8, 4) is 11.4 Å². The van der Waals surface area contributed by atoms with Crippen molar-refractivity contribution in [3.63, 3.8) is 0 Å². The SMILES string of the molecule is Cc1nc(-c2nnn(C)c2NC(=O)O[C@H](C)c2cc(F)cnc2F)ccc1NC(=O)c1cnc(C2CC2)o1. The molecular weight excluding hydrogens is 502 g/mol. The van der Waals surface area contributed by atoms with Crippen LogP contribution in [0.15, 0.2) is 35.0 Å².